The number of aliphatic imine (C=N–C) groups is 2. The van der Waals surface area contributed by atoms with Crippen molar-refractivity contribution in [2.45, 2.75) is 6.61 Å². The van der Waals surface area contributed by atoms with Crippen LogP contribution in [0.2, 0.25) is 0 Å². The van der Waals surface area contributed by atoms with E-state index >= 15 is 0 Å². The van der Waals surface area contributed by atoms with Crippen LogP contribution in [-0.4, -0.2) is 12.2 Å². The lowest BCUT2D eigenvalue weighted by atomic mass is 10.2. The molecule has 0 aliphatic rings. The predicted octanol–water partition coefficient (Wildman–Crippen LogP) is 1.62. The molecule has 6 heteroatoms. The highest BCUT2D eigenvalue weighted by atomic mass is 16.5. The maximum absolute atomic E-state index is 10.2. The lowest BCUT2D eigenvalue weighted by Gasteiger charge is -2.02. The third-order valence-corrected chi connectivity index (χ3v) is 1.70. The van der Waals surface area contributed by atoms with Gasteiger partial charge in [-0.3, -0.25) is 0 Å². The normalized spacial score (nSPS) is 8.19. The molecule has 16 heavy (non-hydrogen) atoms. The van der Waals surface area contributed by atoms with E-state index in [1.54, 1.807) is 6.07 Å². The molecule has 0 bridgehead atoms. The van der Waals surface area contributed by atoms with Gasteiger partial charge < -0.3 is 4.74 Å². The van der Waals surface area contributed by atoms with Crippen LogP contribution in [0.4, 0.5) is 11.4 Å². The molecule has 0 aromatic heterocycles. The van der Waals surface area contributed by atoms with Gasteiger partial charge in [-0.1, -0.05) is 6.07 Å². The van der Waals surface area contributed by atoms with Crippen LogP contribution >= 0.6 is 0 Å². The van der Waals surface area contributed by atoms with Gasteiger partial charge in [-0.15, -0.1) is 0 Å². The Bertz CT molecular complexity index is 521. The van der Waals surface area contributed by atoms with Crippen molar-refractivity contribution in [1.82, 2.24) is 0 Å². The third-order valence-electron chi connectivity index (χ3n) is 1.70. The van der Waals surface area contributed by atoms with Crippen LogP contribution in [0.5, 0.6) is 0 Å². The fourth-order valence-electron chi connectivity index (χ4n) is 1.06. The van der Waals surface area contributed by atoms with Crippen LogP contribution in [-0.2, 0) is 20.9 Å². The molecule has 0 radical (unpaired) electrons. The first kappa shape index (κ1) is 11.3. The summed E-state index contributed by atoms with van der Waals surface area (Å²) in [6.07, 6.45) is 4.23. The molecule has 6 nitrogen and oxygen atoms in total. The van der Waals surface area contributed by atoms with E-state index in [1.165, 1.54) is 30.5 Å². The molecule has 0 aliphatic carbocycles. The second-order valence-corrected chi connectivity index (χ2v) is 2.60. The van der Waals surface area contributed by atoms with Crippen LogP contribution in [0.3, 0.4) is 0 Å². The zero-order chi connectivity index (χ0) is 11.8. The van der Waals surface area contributed by atoms with E-state index in [9.17, 15) is 9.59 Å². The Hall–Kier alpha value is -2.73. The first-order valence-electron chi connectivity index (χ1n) is 4.11. The Morgan fingerprint density at radius 3 is 2.62 bits per heavy atom. The fourth-order valence-corrected chi connectivity index (χ4v) is 1.06. The number of hydrogen-bond acceptors (Lipinski definition) is 6. The van der Waals surface area contributed by atoms with Gasteiger partial charge in [0.05, 0.1) is 11.4 Å². The number of nitriles is 1. The van der Waals surface area contributed by atoms with Gasteiger partial charge in [-0.05, 0) is 12.1 Å². The maximum Gasteiger partial charge on any atom is 0.286 e. The first-order valence-corrected chi connectivity index (χ1v) is 4.11. The van der Waals surface area contributed by atoms with E-state index in [1.807, 2.05) is 0 Å². The smallest absolute Gasteiger partial charge is 0.286 e. The van der Waals surface area contributed by atoms with Gasteiger partial charge in [0.1, 0.15) is 6.61 Å². The summed E-state index contributed by atoms with van der Waals surface area (Å²) in [5, 5.41) is 8.24. The lowest BCUT2D eigenvalue weighted by Crippen LogP contribution is -1.87. The minimum Gasteiger partial charge on any atom is -0.423 e. The number of isocyanates is 2. The molecular formula is C10H5N3O3. The topological polar surface area (TPSA) is 91.9 Å². The average Bonchev–Trinajstić information content (AvgIpc) is 2.29. The third kappa shape index (κ3) is 2.89. The number of nitrogens with zero attached hydrogens (tertiary/aromatic N) is 3. The summed E-state index contributed by atoms with van der Waals surface area (Å²) in [4.78, 5) is 27.0. The second kappa shape index (κ2) is 5.89. The van der Waals surface area contributed by atoms with Gasteiger partial charge in [0.25, 0.3) is 6.26 Å². The molecule has 0 unspecified atom stereocenters. The molecule has 1 rings (SSSR count). The number of ether oxygens (including phenoxy) is 1. The maximum atomic E-state index is 10.2. The van der Waals surface area contributed by atoms with Crippen molar-refractivity contribution in [3.8, 4) is 6.26 Å². The molecule has 0 N–H and O–H groups in total. The molecule has 1 aromatic rings. The zero-order valence-electron chi connectivity index (χ0n) is 8.01. The Kier molecular flexibility index (Phi) is 4.17. The Labute approximate surface area is 90.5 Å². The van der Waals surface area contributed by atoms with E-state index in [2.05, 4.69) is 14.7 Å². The van der Waals surface area contributed by atoms with Crippen LogP contribution < -0.4 is 0 Å². The summed E-state index contributed by atoms with van der Waals surface area (Å²) < 4.78 is 4.51. The minimum atomic E-state index is -0.0118. The summed E-state index contributed by atoms with van der Waals surface area (Å²) in [6, 6.07) is 4.46. The molecule has 1 aromatic carbocycles. The molecule has 0 atom stereocenters. The second-order valence-electron chi connectivity index (χ2n) is 2.60. The largest absolute Gasteiger partial charge is 0.423 e. The molecule has 0 heterocycles. The Balaban J connectivity index is 3.14. The zero-order valence-corrected chi connectivity index (χ0v) is 8.01. The fraction of sp³-hybridized carbons (Fsp3) is 0.100. The van der Waals surface area contributed by atoms with Crippen molar-refractivity contribution in [1.29, 1.82) is 5.26 Å². The van der Waals surface area contributed by atoms with E-state index in [-0.39, 0.29) is 12.3 Å². The van der Waals surface area contributed by atoms with Crippen LogP contribution in [0, 0.1) is 11.5 Å². The van der Waals surface area contributed by atoms with Crippen LogP contribution in [0.15, 0.2) is 28.2 Å². The summed E-state index contributed by atoms with van der Waals surface area (Å²) >= 11 is 0. The van der Waals surface area contributed by atoms with E-state index < -0.39 is 0 Å². The van der Waals surface area contributed by atoms with Crippen molar-refractivity contribution in [2.75, 3.05) is 0 Å². The highest BCUT2D eigenvalue weighted by Crippen LogP contribution is 2.25. The number of rotatable bonds is 4. The number of benzene rings is 1. The summed E-state index contributed by atoms with van der Waals surface area (Å²) in [6.45, 7) is -0.0118. The van der Waals surface area contributed by atoms with Gasteiger partial charge in [0.15, 0.2) is 0 Å². The average molecular weight is 215 g/mol. The first-order chi connectivity index (χ1) is 7.81. The molecule has 0 aliphatic heterocycles. The molecule has 0 fully saturated rings. The van der Waals surface area contributed by atoms with Gasteiger partial charge >= 0.3 is 0 Å². The SMILES string of the molecule is N#COCc1ccc(N=C=O)cc1N=C=O. The lowest BCUT2D eigenvalue weighted by molar-refractivity contribution is 0.258. The number of carbonyl (C=O) groups excluding carboxylic acids is 2. The van der Waals surface area contributed by atoms with Crippen molar-refractivity contribution in [2.24, 2.45) is 9.98 Å². The summed E-state index contributed by atoms with van der Waals surface area (Å²) in [5.41, 5.74) is 1.08. The standard InChI is InChI=1S/C10H5N3O3/c11-5-16-4-8-1-2-9(12-6-14)3-10(8)13-7-15/h1-3H,4H2. The highest BCUT2D eigenvalue weighted by Gasteiger charge is 2.03. The van der Waals surface area contributed by atoms with Crippen molar-refractivity contribution in [3.63, 3.8) is 0 Å². The predicted molar refractivity (Wildman–Crippen MR) is 52.4 cm³/mol. The Morgan fingerprint density at radius 1 is 1.25 bits per heavy atom. The molecule has 0 saturated carbocycles. The van der Waals surface area contributed by atoms with Crippen molar-refractivity contribution < 1.29 is 14.3 Å². The molecule has 78 valence electrons. The molecular weight excluding hydrogens is 210 g/mol. The van der Waals surface area contributed by atoms with Crippen molar-refractivity contribution >= 4 is 23.5 Å². The highest BCUT2D eigenvalue weighted by molar-refractivity contribution is 5.61. The molecule has 0 saturated heterocycles. The van der Waals surface area contributed by atoms with E-state index in [0.29, 0.717) is 11.3 Å². The van der Waals surface area contributed by atoms with Crippen LogP contribution in [0.1, 0.15) is 5.56 Å². The van der Waals surface area contributed by atoms with E-state index in [0.717, 1.165) is 0 Å². The van der Waals surface area contributed by atoms with Gasteiger partial charge in [0.2, 0.25) is 12.2 Å². The molecule has 0 spiro atoms. The van der Waals surface area contributed by atoms with Crippen LogP contribution in [0.25, 0.3) is 0 Å². The summed E-state index contributed by atoms with van der Waals surface area (Å²) in [5.74, 6) is 0. The van der Waals surface area contributed by atoms with Gasteiger partial charge in [-0.25, -0.2) is 9.59 Å². The van der Waals surface area contributed by atoms with Gasteiger partial charge in [0, 0.05) is 5.56 Å². The number of hydrogen-bond donors (Lipinski definition) is 0. The monoisotopic (exact) mass is 215 g/mol. The van der Waals surface area contributed by atoms with E-state index in [4.69, 9.17) is 5.26 Å². The molecule has 0 amide bonds. The quantitative estimate of drug-likeness (QED) is 0.433. The Morgan fingerprint density at radius 2 is 2.00 bits per heavy atom. The summed E-state index contributed by atoms with van der Waals surface area (Å²) in [7, 11) is 0. The van der Waals surface area contributed by atoms with Crippen molar-refractivity contribution in [3.05, 3.63) is 23.8 Å². The van der Waals surface area contributed by atoms with Gasteiger partial charge in [-0.2, -0.15) is 15.2 Å². The minimum absolute atomic E-state index is 0.0118.